The molecule has 1 fully saturated rings. The van der Waals surface area contributed by atoms with E-state index >= 15 is 0 Å². The molecule has 1 aromatic rings. The SMILES string of the molecule is [OH+]=C1C=CC(OOc2ccc(C3CCCCC3)cc2)=CC1. The van der Waals surface area contributed by atoms with Crippen LogP contribution in [-0.4, -0.2) is 10.6 Å². The Morgan fingerprint density at radius 2 is 1.67 bits per heavy atom. The Morgan fingerprint density at radius 3 is 2.33 bits per heavy atom. The lowest BCUT2D eigenvalue weighted by atomic mass is 9.84. The maximum Gasteiger partial charge on any atom is 0.320 e. The van der Waals surface area contributed by atoms with Crippen LogP contribution in [0.15, 0.2) is 48.3 Å². The fraction of sp³-hybridized carbons (Fsp3) is 0.389. The van der Waals surface area contributed by atoms with Crippen LogP contribution in [0.3, 0.4) is 0 Å². The summed E-state index contributed by atoms with van der Waals surface area (Å²) in [6, 6.07) is 8.19. The van der Waals surface area contributed by atoms with Crippen LogP contribution in [0.5, 0.6) is 5.75 Å². The zero-order valence-corrected chi connectivity index (χ0v) is 12.1. The van der Waals surface area contributed by atoms with Gasteiger partial charge in [-0.2, -0.15) is 0 Å². The van der Waals surface area contributed by atoms with Crippen molar-refractivity contribution in [1.82, 2.24) is 0 Å². The van der Waals surface area contributed by atoms with Gasteiger partial charge in [-0.05, 0) is 48.6 Å². The molecule has 0 aromatic heterocycles. The molecule has 21 heavy (non-hydrogen) atoms. The third kappa shape index (κ3) is 3.75. The molecule has 0 unspecified atom stereocenters. The van der Waals surface area contributed by atoms with Crippen LogP contribution in [0.1, 0.15) is 50.0 Å². The van der Waals surface area contributed by atoms with E-state index in [1.165, 1.54) is 37.7 Å². The minimum atomic E-state index is 0.333. The van der Waals surface area contributed by atoms with Gasteiger partial charge in [-0.1, -0.05) is 31.4 Å². The molecule has 0 radical (unpaired) electrons. The van der Waals surface area contributed by atoms with Crippen molar-refractivity contribution in [2.45, 2.75) is 44.4 Å². The minimum Gasteiger partial charge on any atom is -0.290 e. The van der Waals surface area contributed by atoms with Crippen molar-refractivity contribution < 1.29 is 14.6 Å². The molecule has 0 saturated heterocycles. The summed E-state index contributed by atoms with van der Waals surface area (Å²) < 4.78 is 0. The molecule has 0 bridgehead atoms. The third-order valence-electron chi connectivity index (χ3n) is 4.14. The van der Waals surface area contributed by atoms with Gasteiger partial charge in [0.2, 0.25) is 0 Å². The predicted octanol–water partition coefficient (Wildman–Crippen LogP) is 4.43. The summed E-state index contributed by atoms with van der Waals surface area (Å²) in [6.45, 7) is 0. The first-order valence-corrected chi connectivity index (χ1v) is 7.69. The van der Waals surface area contributed by atoms with Gasteiger partial charge in [-0.15, -0.1) is 0 Å². The van der Waals surface area contributed by atoms with Crippen molar-refractivity contribution >= 4 is 5.78 Å². The number of hydrogen-bond donors (Lipinski definition) is 0. The Labute approximate surface area is 125 Å². The van der Waals surface area contributed by atoms with E-state index in [0.717, 1.165) is 0 Å². The second-order valence-electron chi connectivity index (χ2n) is 5.71. The van der Waals surface area contributed by atoms with Crippen LogP contribution in [-0.2, 0) is 4.89 Å². The molecule has 0 atom stereocenters. The number of rotatable bonds is 4. The quantitative estimate of drug-likeness (QED) is 0.466. The van der Waals surface area contributed by atoms with Gasteiger partial charge in [-0.25, -0.2) is 0 Å². The highest BCUT2D eigenvalue weighted by Crippen LogP contribution is 2.33. The molecular formula is C18H21O3+. The number of allylic oxidation sites excluding steroid dienone is 3. The lowest BCUT2D eigenvalue weighted by Crippen LogP contribution is -2.05. The van der Waals surface area contributed by atoms with E-state index in [-0.39, 0.29) is 0 Å². The van der Waals surface area contributed by atoms with E-state index in [1.54, 1.807) is 18.2 Å². The van der Waals surface area contributed by atoms with E-state index in [1.807, 2.05) is 12.1 Å². The van der Waals surface area contributed by atoms with Crippen LogP contribution in [0.25, 0.3) is 0 Å². The molecule has 3 rings (SSSR count). The molecule has 1 aromatic carbocycles. The fourth-order valence-corrected chi connectivity index (χ4v) is 2.91. The van der Waals surface area contributed by atoms with Crippen molar-refractivity contribution in [3.8, 4) is 5.75 Å². The highest BCUT2D eigenvalue weighted by Gasteiger charge is 2.15. The monoisotopic (exact) mass is 285 g/mol. The Balaban J connectivity index is 1.55. The third-order valence-corrected chi connectivity index (χ3v) is 4.14. The highest BCUT2D eigenvalue weighted by molar-refractivity contribution is 5.93. The summed E-state index contributed by atoms with van der Waals surface area (Å²) >= 11 is 0. The van der Waals surface area contributed by atoms with E-state index in [0.29, 0.717) is 29.6 Å². The predicted molar refractivity (Wildman–Crippen MR) is 82.8 cm³/mol. The molecule has 3 heteroatoms. The molecule has 0 heterocycles. The van der Waals surface area contributed by atoms with Crippen molar-refractivity contribution in [1.29, 1.82) is 0 Å². The van der Waals surface area contributed by atoms with E-state index in [9.17, 15) is 4.79 Å². The smallest absolute Gasteiger partial charge is 0.290 e. The van der Waals surface area contributed by atoms with Gasteiger partial charge in [0, 0.05) is 6.08 Å². The molecule has 1 saturated carbocycles. The molecule has 0 spiro atoms. The maximum absolute atomic E-state index is 9.26. The average molecular weight is 285 g/mol. The Hall–Kier alpha value is -2.03. The van der Waals surface area contributed by atoms with Crippen molar-refractivity contribution in [3.63, 3.8) is 0 Å². The van der Waals surface area contributed by atoms with Gasteiger partial charge in [0.05, 0.1) is 6.42 Å². The summed E-state index contributed by atoms with van der Waals surface area (Å²) in [7, 11) is 0. The minimum absolute atomic E-state index is 0.333. The van der Waals surface area contributed by atoms with Gasteiger partial charge >= 0.3 is 5.78 Å². The molecule has 1 N–H and O–H groups in total. The number of benzene rings is 1. The van der Waals surface area contributed by atoms with Crippen molar-refractivity contribution in [2.24, 2.45) is 0 Å². The van der Waals surface area contributed by atoms with Gasteiger partial charge in [0.1, 0.15) is 0 Å². The van der Waals surface area contributed by atoms with Crippen molar-refractivity contribution in [3.05, 3.63) is 53.8 Å². The molecular weight excluding hydrogens is 264 g/mol. The topological polar surface area (TPSA) is 39.9 Å². The summed E-state index contributed by atoms with van der Waals surface area (Å²) in [4.78, 5) is 19.8. The van der Waals surface area contributed by atoms with Crippen LogP contribution in [0.2, 0.25) is 0 Å². The molecule has 110 valence electrons. The Bertz CT molecular complexity index is 548. The molecule has 2 aliphatic rings. The molecule has 0 aliphatic heterocycles. The van der Waals surface area contributed by atoms with Gasteiger partial charge < -0.3 is 0 Å². The van der Waals surface area contributed by atoms with Crippen LogP contribution in [0, 0.1) is 0 Å². The normalized spacial score (nSPS) is 19.2. The summed E-state index contributed by atoms with van der Waals surface area (Å²) in [5.41, 5.74) is 1.40. The fourth-order valence-electron chi connectivity index (χ4n) is 2.91. The average Bonchev–Trinajstić information content (AvgIpc) is 2.56. The first-order chi connectivity index (χ1) is 10.3. The largest absolute Gasteiger partial charge is 0.320 e. The van der Waals surface area contributed by atoms with Gasteiger partial charge in [0.25, 0.3) is 0 Å². The Kier molecular flexibility index (Phi) is 4.39. The van der Waals surface area contributed by atoms with Crippen molar-refractivity contribution in [2.75, 3.05) is 0 Å². The lowest BCUT2D eigenvalue weighted by Gasteiger charge is -2.21. The molecule has 2 aliphatic carbocycles. The summed E-state index contributed by atoms with van der Waals surface area (Å²) in [5, 5.41) is 0. The number of carbonyl (C=O) groups excluding carboxylic acids is 1. The Morgan fingerprint density at radius 1 is 0.905 bits per heavy atom. The maximum atomic E-state index is 9.26. The first kappa shape index (κ1) is 13.9. The zero-order valence-electron chi connectivity index (χ0n) is 12.1. The lowest BCUT2D eigenvalue weighted by molar-refractivity contribution is -0.161. The van der Waals surface area contributed by atoms with Gasteiger partial charge in [0.15, 0.2) is 11.5 Å². The van der Waals surface area contributed by atoms with E-state index < -0.39 is 0 Å². The second kappa shape index (κ2) is 6.61. The molecule has 3 nitrogen and oxygen atoms in total. The summed E-state index contributed by atoms with van der Waals surface area (Å²) in [6.07, 6.45) is 12.2. The zero-order chi connectivity index (χ0) is 14.5. The second-order valence-corrected chi connectivity index (χ2v) is 5.71. The van der Waals surface area contributed by atoms with E-state index in [4.69, 9.17) is 9.78 Å². The number of hydrogen-bond acceptors (Lipinski definition) is 2. The standard InChI is InChI=1S/C18H20O3/c19-16-8-12-18(13-9-16)21-20-17-10-6-15(7-11-17)14-4-2-1-3-5-14/h6-8,10-14H,1-5,9H2/p+1. The molecule has 0 amide bonds. The van der Waals surface area contributed by atoms with Crippen LogP contribution in [0.4, 0.5) is 0 Å². The number of ketones is 1. The first-order valence-electron chi connectivity index (χ1n) is 7.69. The van der Waals surface area contributed by atoms with Crippen LogP contribution < -0.4 is 4.89 Å². The summed E-state index contributed by atoms with van der Waals surface area (Å²) in [5.74, 6) is 2.35. The highest BCUT2D eigenvalue weighted by atomic mass is 17.2. The van der Waals surface area contributed by atoms with E-state index in [2.05, 4.69) is 12.1 Å². The van der Waals surface area contributed by atoms with Gasteiger partial charge in [-0.3, -0.25) is 14.6 Å². The van der Waals surface area contributed by atoms with Crippen LogP contribution >= 0.6 is 0 Å².